The minimum absolute atomic E-state index is 0.211. The number of hydrogen-bond acceptors (Lipinski definition) is 7. The van der Waals surface area contributed by atoms with Crippen molar-refractivity contribution in [3.05, 3.63) is 47.2 Å². The Morgan fingerprint density at radius 3 is 2.54 bits per heavy atom. The summed E-state index contributed by atoms with van der Waals surface area (Å²) in [6.07, 6.45) is 0. The average molecular weight is 356 g/mol. The topological polar surface area (TPSA) is 98.0 Å². The fourth-order valence-electron chi connectivity index (χ4n) is 3.01. The average Bonchev–Trinajstić information content (AvgIpc) is 2.90. The van der Waals surface area contributed by atoms with Crippen LogP contribution in [0, 0.1) is 11.3 Å². The molecule has 7 nitrogen and oxygen atoms in total. The van der Waals surface area contributed by atoms with Crippen molar-refractivity contribution < 1.29 is 23.8 Å². The summed E-state index contributed by atoms with van der Waals surface area (Å²) in [6, 6.07) is 10.9. The van der Waals surface area contributed by atoms with Crippen LogP contribution in [0.1, 0.15) is 32.3 Å². The number of ether oxygens (including phenoxy) is 3. The number of nitriles is 1. The number of methoxy groups -OCH3 is 1. The number of esters is 2. The molecule has 0 aromatic heterocycles. The summed E-state index contributed by atoms with van der Waals surface area (Å²) < 4.78 is 15.6. The third kappa shape index (κ3) is 3.59. The SMILES string of the molecule is CCOC(=O)C1=C(C)OC(C)(/N=C(/C#N)C(=O)OC)C1c1ccccc1. The second kappa shape index (κ2) is 7.83. The van der Waals surface area contributed by atoms with E-state index < -0.39 is 29.3 Å². The van der Waals surface area contributed by atoms with Gasteiger partial charge in [-0.1, -0.05) is 30.3 Å². The molecule has 1 aliphatic heterocycles. The Balaban J connectivity index is 2.60. The first-order valence-corrected chi connectivity index (χ1v) is 8.08. The second-order valence-corrected chi connectivity index (χ2v) is 5.75. The molecule has 1 aromatic carbocycles. The molecular formula is C19H20N2O5. The molecule has 1 aliphatic rings. The van der Waals surface area contributed by atoms with Crippen LogP contribution < -0.4 is 0 Å². The second-order valence-electron chi connectivity index (χ2n) is 5.75. The van der Waals surface area contributed by atoms with E-state index in [2.05, 4.69) is 9.73 Å². The van der Waals surface area contributed by atoms with Crippen molar-refractivity contribution in [1.29, 1.82) is 5.26 Å². The number of carbonyl (C=O) groups excluding carboxylic acids is 2. The number of aliphatic imine (C=N–C) groups is 1. The van der Waals surface area contributed by atoms with Gasteiger partial charge in [-0.3, -0.25) is 0 Å². The van der Waals surface area contributed by atoms with Crippen LogP contribution >= 0.6 is 0 Å². The van der Waals surface area contributed by atoms with Crippen LogP contribution in [0.5, 0.6) is 0 Å². The van der Waals surface area contributed by atoms with Gasteiger partial charge in [0.1, 0.15) is 11.8 Å². The van der Waals surface area contributed by atoms with Gasteiger partial charge < -0.3 is 14.2 Å². The van der Waals surface area contributed by atoms with Crippen molar-refractivity contribution in [3.8, 4) is 6.07 Å². The zero-order valence-electron chi connectivity index (χ0n) is 15.1. The Labute approximate surface area is 151 Å². The minimum Gasteiger partial charge on any atom is -0.469 e. The maximum atomic E-state index is 12.5. The largest absolute Gasteiger partial charge is 0.469 e. The molecule has 1 heterocycles. The zero-order chi connectivity index (χ0) is 19.3. The van der Waals surface area contributed by atoms with Crippen molar-refractivity contribution >= 4 is 17.7 Å². The van der Waals surface area contributed by atoms with Gasteiger partial charge in [0, 0.05) is 0 Å². The van der Waals surface area contributed by atoms with E-state index in [9.17, 15) is 14.9 Å². The van der Waals surface area contributed by atoms with E-state index in [1.165, 1.54) is 0 Å². The smallest absolute Gasteiger partial charge is 0.367 e. The highest BCUT2D eigenvalue weighted by atomic mass is 16.5. The Bertz CT molecular complexity index is 807. The number of allylic oxidation sites excluding steroid dienone is 1. The molecule has 2 rings (SSSR count). The van der Waals surface area contributed by atoms with Crippen LogP contribution in [-0.4, -0.2) is 37.1 Å². The maximum absolute atomic E-state index is 12.5. The summed E-state index contributed by atoms with van der Waals surface area (Å²) in [4.78, 5) is 28.5. The van der Waals surface area contributed by atoms with Crippen LogP contribution in [0.25, 0.3) is 0 Å². The number of rotatable bonds is 5. The van der Waals surface area contributed by atoms with Crippen LogP contribution in [0.4, 0.5) is 0 Å². The number of benzene rings is 1. The van der Waals surface area contributed by atoms with E-state index in [0.717, 1.165) is 12.7 Å². The van der Waals surface area contributed by atoms with Crippen molar-refractivity contribution in [2.45, 2.75) is 32.4 Å². The van der Waals surface area contributed by atoms with E-state index in [1.54, 1.807) is 26.8 Å². The highest BCUT2D eigenvalue weighted by Crippen LogP contribution is 2.47. The quantitative estimate of drug-likeness (QED) is 0.594. The summed E-state index contributed by atoms with van der Waals surface area (Å²) >= 11 is 0. The normalized spacial score (nSPS) is 22.4. The zero-order valence-corrected chi connectivity index (χ0v) is 15.1. The van der Waals surface area contributed by atoms with Gasteiger partial charge in [-0.15, -0.1) is 0 Å². The van der Waals surface area contributed by atoms with E-state index in [1.807, 2.05) is 30.3 Å². The van der Waals surface area contributed by atoms with Crippen LogP contribution in [0.15, 0.2) is 46.7 Å². The molecular weight excluding hydrogens is 336 g/mol. The Morgan fingerprint density at radius 1 is 1.35 bits per heavy atom. The van der Waals surface area contributed by atoms with Gasteiger partial charge in [0.05, 0.1) is 25.2 Å². The maximum Gasteiger partial charge on any atom is 0.367 e. The van der Waals surface area contributed by atoms with E-state index in [-0.39, 0.29) is 6.61 Å². The molecule has 0 saturated heterocycles. The molecule has 0 N–H and O–H groups in total. The van der Waals surface area contributed by atoms with Crippen molar-refractivity contribution in [1.82, 2.24) is 0 Å². The van der Waals surface area contributed by atoms with E-state index >= 15 is 0 Å². The molecule has 2 unspecified atom stereocenters. The standard InChI is InChI=1S/C19H20N2O5/c1-5-25-18(23)15-12(2)26-19(3,21-14(11-20)17(22)24-4)16(15)13-9-7-6-8-10-13/h6-10,16H,5H2,1-4H3/b21-14-. The Kier molecular flexibility index (Phi) is 5.78. The van der Waals surface area contributed by atoms with Gasteiger partial charge in [0.15, 0.2) is 0 Å². The van der Waals surface area contributed by atoms with Gasteiger partial charge in [-0.2, -0.15) is 5.26 Å². The molecule has 7 heteroatoms. The van der Waals surface area contributed by atoms with E-state index in [4.69, 9.17) is 9.47 Å². The monoisotopic (exact) mass is 356 g/mol. The molecule has 1 aromatic rings. The predicted octanol–water partition coefficient (Wildman–Crippen LogP) is 2.49. The summed E-state index contributed by atoms with van der Waals surface area (Å²) in [6.45, 7) is 5.17. The van der Waals surface area contributed by atoms with Crippen LogP contribution in [0.2, 0.25) is 0 Å². The number of carbonyl (C=O) groups is 2. The third-order valence-corrected chi connectivity index (χ3v) is 4.01. The van der Waals surface area contributed by atoms with Gasteiger partial charge in [-0.25, -0.2) is 14.6 Å². The molecule has 26 heavy (non-hydrogen) atoms. The molecule has 0 amide bonds. The summed E-state index contributed by atoms with van der Waals surface area (Å²) in [5, 5.41) is 9.24. The summed E-state index contributed by atoms with van der Waals surface area (Å²) in [5.74, 6) is -1.69. The van der Waals surface area contributed by atoms with Gasteiger partial charge in [0.25, 0.3) is 0 Å². The lowest BCUT2D eigenvalue weighted by Gasteiger charge is -2.28. The molecule has 0 bridgehead atoms. The Morgan fingerprint density at radius 2 is 2.00 bits per heavy atom. The molecule has 0 spiro atoms. The van der Waals surface area contributed by atoms with Crippen molar-refractivity contribution in [3.63, 3.8) is 0 Å². The fourth-order valence-corrected chi connectivity index (χ4v) is 3.01. The van der Waals surface area contributed by atoms with Crippen LogP contribution in [0.3, 0.4) is 0 Å². The van der Waals surface area contributed by atoms with Gasteiger partial charge >= 0.3 is 11.9 Å². The van der Waals surface area contributed by atoms with E-state index in [0.29, 0.717) is 11.3 Å². The lowest BCUT2D eigenvalue weighted by molar-refractivity contribution is -0.139. The lowest BCUT2D eigenvalue weighted by atomic mass is 9.84. The highest BCUT2D eigenvalue weighted by molar-refractivity contribution is 6.43. The molecule has 0 aliphatic carbocycles. The highest BCUT2D eigenvalue weighted by Gasteiger charge is 2.50. The molecule has 0 radical (unpaired) electrons. The Hall–Kier alpha value is -3.14. The molecule has 0 fully saturated rings. The third-order valence-electron chi connectivity index (χ3n) is 4.01. The first-order chi connectivity index (χ1) is 12.4. The summed E-state index contributed by atoms with van der Waals surface area (Å²) in [5.41, 5.74) is -0.742. The fraction of sp³-hybridized carbons (Fsp3) is 0.368. The predicted molar refractivity (Wildman–Crippen MR) is 93.1 cm³/mol. The minimum atomic E-state index is -1.37. The number of hydrogen-bond donors (Lipinski definition) is 0. The van der Waals surface area contributed by atoms with Crippen molar-refractivity contribution in [2.75, 3.05) is 13.7 Å². The lowest BCUT2D eigenvalue weighted by Crippen LogP contribution is -2.34. The first kappa shape index (κ1) is 19.2. The van der Waals surface area contributed by atoms with Crippen LogP contribution in [-0.2, 0) is 23.8 Å². The first-order valence-electron chi connectivity index (χ1n) is 8.08. The molecule has 2 atom stereocenters. The van der Waals surface area contributed by atoms with Gasteiger partial charge in [-0.05, 0) is 26.3 Å². The summed E-state index contributed by atoms with van der Waals surface area (Å²) in [7, 11) is 1.16. The molecule has 136 valence electrons. The molecule has 0 saturated carbocycles. The van der Waals surface area contributed by atoms with Gasteiger partial charge in [0.2, 0.25) is 11.4 Å². The van der Waals surface area contributed by atoms with Crippen molar-refractivity contribution in [2.24, 2.45) is 4.99 Å². The number of nitrogens with zero attached hydrogens (tertiary/aromatic N) is 2.